The lowest BCUT2D eigenvalue weighted by molar-refractivity contribution is 0.380. The summed E-state index contributed by atoms with van der Waals surface area (Å²) >= 11 is 11.9. The molecule has 0 aliphatic heterocycles. The topological polar surface area (TPSA) is 47.0 Å². The number of ether oxygens (including phenoxy) is 1. The SMILES string of the molecule is COc1ncc(Cl)c(NC(C)CC(C)Cl)n1. The molecule has 1 aromatic heterocycles. The van der Waals surface area contributed by atoms with E-state index in [2.05, 4.69) is 15.3 Å². The van der Waals surface area contributed by atoms with Crippen molar-refractivity contribution in [2.45, 2.75) is 31.7 Å². The largest absolute Gasteiger partial charge is 0.467 e. The molecule has 0 aliphatic rings. The number of nitrogens with zero attached hydrogens (tertiary/aromatic N) is 2. The monoisotopic (exact) mass is 263 g/mol. The van der Waals surface area contributed by atoms with E-state index in [0.29, 0.717) is 10.8 Å². The van der Waals surface area contributed by atoms with E-state index in [9.17, 15) is 0 Å². The Hall–Kier alpha value is -0.740. The zero-order valence-corrected chi connectivity index (χ0v) is 11.0. The minimum atomic E-state index is 0.102. The molecule has 0 radical (unpaired) electrons. The van der Waals surface area contributed by atoms with Crippen molar-refractivity contribution in [1.29, 1.82) is 0 Å². The quantitative estimate of drug-likeness (QED) is 0.830. The van der Waals surface area contributed by atoms with E-state index in [0.717, 1.165) is 6.42 Å². The van der Waals surface area contributed by atoms with Crippen molar-refractivity contribution in [3.63, 3.8) is 0 Å². The number of aromatic nitrogens is 2. The Morgan fingerprint density at radius 3 is 2.75 bits per heavy atom. The first-order chi connectivity index (χ1) is 7.52. The molecule has 0 aliphatic carbocycles. The molecular formula is C10H15Cl2N3O. The highest BCUT2D eigenvalue weighted by molar-refractivity contribution is 6.32. The molecule has 0 fully saturated rings. The third-order valence-electron chi connectivity index (χ3n) is 1.97. The summed E-state index contributed by atoms with van der Waals surface area (Å²) in [7, 11) is 1.51. The number of hydrogen-bond donors (Lipinski definition) is 1. The average Bonchev–Trinajstić information content (AvgIpc) is 2.20. The van der Waals surface area contributed by atoms with Crippen molar-refractivity contribution in [2.75, 3.05) is 12.4 Å². The van der Waals surface area contributed by atoms with Crippen LogP contribution in [0.5, 0.6) is 6.01 Å². The van der Waals surface area contributed by atoms with Crippen LogP contribution >= 0.6 is 23.2 Å². The Morgan fingerprint density at radius 2 is 2.19 bits per heavy atom. The smallest absolute Gasteiger partial charge is 0.318 e. The van der Waals surface area contributed by atoms with Gasteiger partial charge in [-0.15, -0.1) is 11.6 Å². The zero-order chi connectivity index (χ0) is 12.1. The molecule has 0 aromatic carbocycles. The maximum absolute atomic E-state index is 5.96. The van der Waals surface area contributed by atoms with Gasteiger partial charge in [0.25, 0.3) is 0 Å². The molecule has 1 aromatic rings. The summed E-state index contributed by atoms with van der Waals surface area (Å²) in [6.07, 6.45) is 2.33. The van der Waals surface area contributed by atoms with Gasteiger partial charge in [0, 0.05) is 11.4 Å². The summed E-state index contributed by atoms with van der Waals surface area (Å²) in [5.74, 6) is 0.568. The van der Waals surface area contributed by atoms with E-state index < -0.39 is 0 Å². The van der Waals surface area contributed by atoms with Crippen LogP contribution in [-0.4, -0.2) is 28.5 Å². The fraction of sp³-hybridized carbons (Fsp3) is 0.600. The molecular weight excluding hydrogens is 249 g/mol. The summed E-state index contributed by atoms with van der Waals surface area (Å²) < 4.78 is 4.93. The van der Waals surface area contributed by atoms with E-state index >= 15 is 0 Å². The van der Waals surface area contributed by atoms with Gasteiger partial charge in [-0.05, 0) is 20.3 Å². The molecule has 0 bridgehead atoms. The highest BCUT2D eigenvalue weighted by Crippen LogP contribution is 2.21. The maximum Gasteiger partial charge on any atom is 0.318 e. The molecule has 90 valence electrons. The second-order valence-corrected chi connectivity index (χ2v) is 4.77. The number of methoxy groups -OCH3 is 1. The number of alkyl halides is 1. The van der Waals surface area contributed by atoms with Crippen LogP contribution in [0.2, 0.25) is 5.02 Å². The van der Waals surface area contributed by atoms with Gasteiger partial charge in [-0.1, -0.05) is 11.6 Å². The molecule has 2 atom stereocenters. The molecule has 0 saturated carbocycles. The second kappa shape index (κ2) is 6.11. The van der Waals surface area contributed by atoms with E-state index in [4.69, 9.17) is 27.9 Å². The third kappa shape index (κ3) is 4.02. The first-order valence-electron chi connectivity index (χ1n) is 5.00. The number of rotatable bonds is 5. The zero-order valence-electron chi connectivity index (χ0n) is 9.50. The van der Waals surface area contributed by atoms with Crippen molar-refractivity contribution in [1.82, 2.24) is 9.97 Å². The lowest BCUT2D eigenvalue weighted by atomic mass is 10.2. The van der Waals surface area contributed by atoms with Crippen LogP contribution in [-0.2, 0) is 0 Å². The molecule has 2 unspecified atom stereocenters. The molecule has 0 saturated heterocycles. The Labute approximate surface area is 105 Å². The van der Waals surface area contributed by atoms with Crippen LogP contribution in [0.3, 0.4) is 0 Å². The van der Waals surface area contributed by atoms with Gasteiger partial charge in [0.15, 0.2) is 5.82 Å². The summed E-state index contributed by atoms with van der Waals surface area (Å²) in [4.78, 5) is 8.01. The molecule has 1 N–H and O–H groups in total. The standard InChI is InChI=1S/C10H15Cl2N3O/c1-6(11)4-7(2)14-9-8(12)5-13-10(15-9)16-3/h5-7H,4H2,1-3H3,(H,13,14,15). The molecule has 0 amide bonds. The van der Waals surface area contributed by atoms with Crippen molar-refractivity contribution < 1.29 is 4.74 Å². The molecule has 1 rings (SSSR count). The highest BCUT2D eigenvalue weighted by atomic mass is 35.5. The normalized spacial score (nSPS) is 14.3. The van der Waals surface area contributed by atoms with E-state index in [1.165, 1.54) is 13.3 Å². The maximum atomic E-state index is 5.96. The number of anilines is 1. The van der Waals surface area contributed by atoms with Gasteiger partial charge in [0.05, 0.1) is 13.3 Å². The molecule has 6 heteroatoms. The average molecular weight is 264 g/mol. The predicted molar refractivity (Wildman–Crippen MR) is 66.6 cm³/mol. The van der Waals surface area contributed by atoms with Crippen LogP contribution in [0, 0.1) is 0 Å². The summed E-state index contributed by atoms with van der Waals surface area (Å²) in [6.45, 7) is 3.96. The van der Waals surface area contributed by atoms with Gasteiger partial charge in [-0.3, -0.25) is 0 Å². The van der Waals surface area contributed by atoms with Crippen molar-refractivity contribution in [3.8, 4) is 6.01 Å². The first-order valence-corrected chi connectivity index (χ1v) is 5.81. The Bertz CT molecular complexity index is 347. The lowest BCUT2D eigenvalue weighted by Crippen LogP contribution is -2.19. The van der Waals surface area contributed by atoms with Gasteiger partial charge in [0.2, 0.25) is 0 Å². The van der Waals surface area contributed by atoms with Gasteiger partial charge in [0.1, 0.15) is 5.02 Å². The minimum Gasteiger partial charge on any atom is -0.467 e. The first kappa shape index (κ1) is 13.3. The van der Waals surface area contributed by atoms with E-state index in [1.807, 2.05) is 13.8 Å². The van der Waals surface area contributed by atoms with Crippen molar-refractivity contribution >= 4 is 29.0 Å². The van der Waals surface area contributed by atoms with Crippen LogP contribution < -0.4 is 10.1 Å². The van der Waals surface area contributed by atoms with Crippen molar-refractivity contribution in [2.24, 2.45) is 0 Å². The van der Waals surface area contributed by atoms with E-state index in [-0.39, 0.29) is 17.4 Å². The lowest BCUT2D eigenvalue weighted by Gasteiger charge is -2.16. The predicted octanol–water partition coefficient (Wildman–Crippen LogP) is 2.96. The second-order valence-electron chi connectivity index (χ2n) is 3.62. The Balaban J connectivity index is 2.71. The molecule has 4 nitrogen and oxygen atoms in total. The fourth-order valence-corrected chi connectivity index (χ4v) is 1.74. The van der Waals surface area contributed by atoms with Crippen LogP contribution in [0.15, 0.2) is 6.20 Å². The van der Waals surface area contributed by atoms with Gasteiger partial charge >= 0.3 is 6.01 Å². The number of hydrogen-bond acceptors (Lipinski definition) is 4. The highest BCUT2D eigenvalue weighted by Gasteiger charge is 2.10. The Kier molecular flexibility index (Phi) is 5.09. The molecule has 0 spiro atoms. The van der Waals surface area contributed by atoms with Gasteiger partial charge in [-0.2, -0.15) is 4.98 Å². The van der Waals surface area contributed by atoms with Crippen LogP contribution in [0.4, 0.5) is 5.82 Å². The van der Waals surface area contributed by atoms with Crippen LogP contribution in [0.25, 0.3) is 0 Å². The summed E-state index contributed by atoms with van der Waals surface area (Å²) in [5, 5.41) is 3.74. The van der Waals surface area contributed by atoms with Gasteiger partial charge < -0.3 is 10.1 Å². The molecule has 16 heavy (non-hydrogen) atoms. The van der Waals surface area contributed by atoms with Gasteiger partial charge in [-0.25, -0.2) is 4.98 Å². The number of nitrogens with one attached hydrogen (secondary N) is 1. The number of halogens is 2. The Morgan fingerprint density at radius 1 is 1.50 bits per heavy atom. The fourth-order valence-electron chi connectivity index (χ4n) is 1.33. The summed E-state index contributed by atoms with van der Waals surface area (Å²) in [5.41, 5.74) is 0. The van der Waals surface area contributed by atoms with Crippen molar-refractivity contribution in [3.05, 3.63) is 11.2 Å². The van der Waals surface area contributed by atoms with Crippen LogP contribution in [0.1, 0.15) is 20.3 Å². The molecule has 1 heterocycles. The third-order valence-corrected chi connectivity index (χ3v) is 2.42. The van der Waals surface area contributed by atoms with E-state index in [1.54, 1.807) is 0 Å². The summed E-state index contributed by atoms with van der Waals surface area (Å²) in [6, 6.07) is 0.475. The minimum absolute atomic E-state index is 0.102.